The third kappa shape index (κ3) is 7.06. The van der Waals surface area contributed by atoms with Gasteiger partial charge in [0.25, 0.3) is 10.0 Å². The fourth-order valence-corrected chi connectivity index (χ4v) is 5.48. The highest BCUT2D eigenvalue weighted by molar-refractivity contribution is 7.92. The van der Waals surface area contributed by atoms with Gasteiger partial charge < -0.3 is 19.3 Å². The highest BCUT2D eigenvalue weighted by Crippen LogP contribution is 2.41. The summed E-state index contributed by atoms with van der Waals surface area (Å²) in [4.78, 5) is 23.1. The highest BCUT2D eigenvalue weighted by atomic mass is 32.2. The lowest BCUT2D eigenvalue weighted by Crippen LogP contribution is -2.44. The lowest BCUT2D eigenvalue weighted by atomic mass is 9.88. The van der Waals surface area contributed by atoms with E-state index in [2.05, 4.69) is 10.1 Å². The summed E-state index contributed by atoms with van der Waals surface area (Å²) >= 11 is 0. The maximum Gasteiger partial charge on any atom is 0.426 e. The topological polar surface area (TPSA) is 131 Å². The Hall–Kier alpha value is -3.75. The minimum atomic E-state index is -4.84. The molecule has 0 saturated heterocycles. The normalized spacial score (nSPS) is 16.4. The molecule has 0 aromatic heterocycles. The van der Waals surface area contributed by atoms with Crippen molar-refractivity contribution in [3.05, 3.63) is 42.2 Å². The Bertz CT molecular complexity index is 1360. The number of rotatable bonds is 8. The first-order valence-corrected chi connectivity index (χ1v) is 13.3. The monoisotopic (exact) mass is 592 g/mol. The third-order valence-electron chi connectivity index (χ3n) is 5.84. The van der Waals surface area contributed by atoms with Gasteiger partial charge in [0.05, 0.1) is 24.2 Å². The molecule has 1 aliphatic heterocycles. The average Bonchev–Trinajstić information content (AvgIpc) is 2.84. The fraction of sp³-hybridized carbons (Fsp3) is 0.440. The molecule has 1 aliphatic rings. The van der Waals surface area contributed by atoms with E-state index in [4.69, 9.17) is 14.6 Å². The number of hydrogen-bond acceptors (Lipinski definition) is 7. The molecule has 0 radical (unpaired) electrons. The van der Waals surface area contributed by atoms with Crippen molar-refractivity contribution in [2.75, 3.05) is 23.3 Å². The summed E-state index contributed by atoms with van der Waals surface area (Å²) in [6.45, 7) is 3.41. The van der Waals surface area contributed by atoms with Gasteiger partial charge in [0.15, 0.2) is 11.6 Å². The summed E-state index contributed by atoms with van der Waals surface area (Å²) in [6.07, 6.45) is -9.95. The Morgan fingerprint density at radius 2 is 1.85 bits per heavy atom. The summed E-state index contributed by atoms with van der Waals surface area (Å²) in [5.74, 6) is -2.27. The minimum Gasteiger partial charge on any atom is -0.494 e. The van der Waals surface area contributed by atoms with Crippen LogP contribution in [0.4, 0.5) is 33.7 Å². The zero-order valence-electron chi connectivity index (χ0n) is 21.9. The molecule has 15 heteroatoms. The first-order valence-electron chi connectivity index (χ1n) is 11.9. The number of anilines is 2. The number of halogens is 4. The second-order valence-electron chi connectivity index (χ2n) is 10.0. The van der Waals surface area contributed by atoms with Gasteiger partial charge in [0.2, 0.25) is 6.10 Å². The number of sulfonamides is 1. The van der Waals surface area contributed by atoms with E-state index in [1.807, 2.05) is 0 Å². The van der Waals surface area contributed by atoms with Gasteiger partial charge in [-0.1, -0.05) is 20.8 Å². The summed E-state index contributed by atoms with van der Waals surface area (Å²) in [6, 6.07) is 6.56. The van der Waals surface area contributed by atoms with E-state index in [9.17, 15) is 35.6 Å². The van der Waals surface area contributed by atoms with E-state index >= 15 is 0 Å². The Kier molecular flexibility index (Phi) is 8.77. The quantitative estimate of drug-likeness (QED) is 0.401. The van der Waals surface area contributed by atoms with Gasteiger partial charge in [-0.05, 0) is 36.8 Å². The molecule has 10 nitrogen and oxygen atoms in total. The van der Waals surface area contributed by atoms with Crippen LogP contribution in [0, 0.1) is 11.2 Å². The smallest absolute Gasteiger partial charge is 0.426 e. The number of carbonyl (C=O) groups is 2. The number of alkyl halides is 3. The van der Waals surface area contributed by atoms with Crippen LogP contribution in [0.15, 0.2) is 41.3 Å². The molecule has 0 fully saturated rings. The van der Waals surface area contributed by atoms with Gasteiger partial charge in [-0.15, -0.1) is 0 Å². The highest BCUT2D eigenvalue weighted by Gasteiger charge is 2.50. The maximum absolute atomic E-state index is 14.0. The second-order valence-corrected chi connectivity index (χ2v) is 11.9. The van der Waals surface area contributed by atoms with Crippen LogP contribution in [0.25, 0.3) is 0 Å². The standard InChI is InChI=1S/C25H28F4N2O8S/c1-24(2,3)22(25(27,28)29)39-23(34)30-14-5-9-19-18(11-14)31(13-15(38-19)6-10-21(32)33)40(35,36)16-7-8-17(26)20(12-16)37-4/h5,7-9,11-12,15,22H,6,10,13H2,1-4H3,(H,30,34)(H,32,33)/t15-,22-/m0/s1. The van der Waals surface area contributed by atoms with Crippen LogP contribution >= 0.6 is 0 Å². The number of ether oxygens (including phenoxy) is 3. The van der Waals surface area contributed by atoms with Crippen molar-refractivity contribution in [1.82, 2.24) is 0 Å². The molecule has 2 aromatic rings. The Labute approximate surface area is 227 Å². The van der Waals surface area contributed by atoms with Crippen LogP contribution < -0.4 is 19.1 Å². The van der Waals surface area contributed by atoms with Gasteiger partial charge in [0, 0.05) is 23.6 Å². The van der Waals surface area contributed by atoms with Crippen LogP contribution in [-0.2, 0) is 19.6 Å². The maximum atomic E-state index is 14.0. The molecule has 220 valence electrons. The van der Waals surface area contributed by atoms with Crippen molar-refractivity contribution in [3.63, 3.8) is 0 Å². The number of aliphatic carboxylic acids is 1. The molecule has 2 atom stereocenters. The molecule has 3 rings (SSSR count). The van der Waals surface area contributed by atoms with Gasteiger partial charge in [-0.2, -0.15) is 13.2 Å². The van der Waals surface area contributed by atoms with Crippen LogP contribution in [0.5, 0.6) is 11.5 Å². The van der Waals surface area contributed by atoms with E-state index in [1.165, 1.54) is 32.9 Å². The van der Waals surface area contributed by atoms with E-state index in [0.29, 0.717) is 0 Å². The van der Waals surface area contributed by atoms with Gasteiger partial charge in [-0.3, -0.25) is 14.4 Å². The second kappa shape index (κ2) is 11.4. The molecular formula is C25H28F4N2O8S. The van der Waals surface area contributed by atoms with Crippen molar-refractivity contribution in [1.29, 1.82) is 0 Å². The van der Waals surface area contributed by atoms with Gasteiger partial charge in [0.1, 0.15) is 11.9 Å². The number of carbonyl (C=O) groups excluding carboxylic acids is 1. The van der Waals surface area contributed by atoms with Crippen LogP contribution in [0.2, 0.25) is 0 Å². The predicted octanol–water partition coefficient (Wildman–Crippen LogP) is 5.18. The molecule has 1 amide bonds. The molecule has 2 aromatic carbocycles. The number of amides is 1. The Morgan fingerprint density at radius 1 is 1.18 bits per heavy atom. The lowest BCUT2D eigenvalue weighted by Gasteiger charge is -2.36. The van der Waals surface area contributed by atoms with E-state index in [1.54, 1.807) is 0 Å². The first-order chi connectivity index (χ1) is 18.4. The molecule has 40 heavy (non-hydrogen) atoms. The average molecular weight is 593 g/mol. The number of nitrogens with zero attached hydrogens (tertiary/aromatic N) is 1. The summed E-state index contributed by atoms with van der Waals surface area (Å²) in [5, 5.41) is 11.2. The number of fused-ring (bicyclic) bond motifs is 1. The Balaban J connectivity index is 1.98. The molecule has 2 N–H and O–H groups in total. The minimum absolute atomic E-state index is 0.000988. The fourth-order valence-electron chi connectivity index (χ4n) is 3.97. The zero-order valence-corrected chi connectivity index (χ0v) is 22.7. The van der Waals surface area contributed by atoms with E-state index in [-0.39, 0.29) is 47.2 Å². The lowest BCUT2D eigenvalue weighted by molar-refractivity contribution is -0.229. The third-order valence-corrected chi connectivity index (χ3v) is 7.61. The molecule has 0 saturated carbocycles. The molecule has 1 heterocycles. The zero-order chi connectivity index (χ0) is 30.0. The number of carboxylic acid groups (broad SMARTS) is 1. The van der Waals surface area contributed by atoms with Gasteiger partial charge in [-0.25, -0.2) is 17.6 Å². The van der Waals surface area contributed by atoms with Crippen LogP contribution in [0.3, 0.4) is 0 Å². The molecular weight excluding hydrogens is 564 g/mol. The SMILES string of the molecule is COc1cc(S(=O)(=O)N2C[C@H](CCC(=O)O)Oc3ccc(NC(=O)O[C@@H](C(C)(C)C)C(F)(F)F)cc32)ccc1F. The van der Waals surface area contributed by atoms with Crippen LogP contribution in [0.1, 0.15) is 33.6 Å². The van der Waals surface area contributed by atoms with Gasteiger partial charge >= 0.3 is 18.2 Å². The van der Waals surface area contributed by atoms with Crippen LogP contribution in [-0.4, -0.2) is 57.6 Å². The van der Waals surface area contributed by atoms with E-state index < -0.39 is 51.7 Å². The molecule has 0 unspecified atom stereocenters. The largest absolute Gasteiger partial charge is 0.494 e. The van der Waals surface area contributed by atoms with Crippen molar-refractivity contribution < 1.29 is 54.9 Å². The molecule has 0 aliphatic carbocycles. The first kappa shape index (κ1) is 30.8. The van der Waals surface area contributed by atoms with Crippen molar-refractivity contribution in [3.8, 4) is 11.5 Å². The molecule has 0 spiro atoms. The summed E-state index contributed by atoms with van der Waals surface area (Å²) in [5.41, 5.74) is -1.68. The van der Waals surface area contributed by atoms with Crippen molar-refractivity contribution in [2.45, 2.75) is 56.9 Å². The number of carboxylic acids is 1. The number of hydrogen-bond donors (Lipinski definition) is 2. The van der Waals surface area contributed by atoms with Crippen molar-refractivity contribution >= 4 is 33.5 Å². The number of benzene rings is 2. The molecule has 0 bridgehead atoms. The Morgan fingerprint density at radius 3 is 2.42 bits per heavy atom. The summed E-state index contributed by atoms with van der Waals surface area (Å²) < 4.78 is 97.8. The number of nitrogens with one attached hydrogen (secondary N) is 1. The van der Waals surface area contributed by atoms with E-state index in [0.717, 1.165) is 35.7 Å². The predicted molar refractivity (Wildman–Crippen MR) is 135 cm³/mol. The summed E-state index contributed by atoms with van der Waals surface area (Å²) in [7, 11) is -3.28. The number of methoxy groups -OCH3 is 1. The van der Waals surface area contributed by atoms with Crippen molar-refractivity contribution in [2.24, 2.45) is 5.41 Å².